The summed E-state index contributed by atoms with van der Waals surface area (Å²) in [7, 11) is 0. The molecule has 0 radical (unpaired) electrons. The zero-order valence-corrected chi connectivity index (χ0v) is 35.3. The Hall–Kier alpha value is -2.03. The molecule has 4 saturated carbocycles. The average Bonchev–Trinajstić information content (AvgIpc) is 3.57. The van der Waals surface area contributed by atoms with Crippen LogP contribution >= 0.6 is 0 Å². The number of hydrogen-bond donors (Lipinski definition) is 1. The summed E-state index contributed by atoms with van der Waals surface area (Å²) in [6, 6.07) is 7.69. The Kier molecular flexibility index (Phi) is 10.8. The summed E-state index contributed by atoms with van der Waals surface area (Å²) in [5, 5.41) is 9.56. The van der Waals surface area contributed by atoms with Crippen LogP contribution in [-0.2, 0) is 9.47 Å². The molecule has 55 heavy (non-hydrogen) atoms. The van der Waals surface area contributed by atoms with E-state index in [-0.39, 0.29) is 16.4 Å². The summed E-state index contributed by atoms with van der Waals surface area (Å²) in [5.41, 5.74) is 5.53. The van der Waals surface area contributed by atoms with Gasteiger partial charge >= 0.3 is 5.97 Å². The molecule has 1 N–H and O–H groups in total. The smallest absolute Gasteiger partial charge is 0.335 e. The molecule has 7 nitrogen and oxygen atoms in total. The van der Waals surface area contributed by atoms with Crippen LogP contribution < -0.4 is 0 Å². The maximum Gasteiger partial charge on any atom is 0.335 e. The molecule has 2 saturated heterocycles. The standard InChI is InChI=1S/C48H73N3O4/c1-34(2)37-14-19-48(51(24-22-49-26-30-54-31-27-49)25-23-50-28-32-55-33-29-50)21-20-46(6)39(42(37)48)12-13-41-45(5)17-15-38(35-8-10-36(11-9-35)43(52)53)44(3,4)40(45)16-18-47(41,46)7/h8-11,15,37,39-42H,1,12-14,16-33H2,2-7H3,(H,52,53)/t37-,39+,40-,41+,42+,45-,46+,47+,48-/m0/s1. The molecule has 2 aliphatic heterocycles. The minimum absolute atomic E-state index is 0.0243. The molecule has 0 bridgehead atoms. The van der Waals surface area contributed by atoms with E-state index in [1.807, 2.05) is 0 Å². The lowest BCUT2D eigenvalue weighted by Crippen LogP contribution is -2.69. The van der Waals surface area contributed by atoms with Gasteiger partial charge in [0, 0.05) is 57.9 Å². The van der Waals surface area contributed by atoms with Crippen LogP contribution in [0.25, 0.3) is 5.57 Å². The van der Waals surface area contributed by atoms with Crippen molar-refractivity contribution >= 4 is 11.5 Å². The van der Waals surface area contributed by atoms with Gasteiger partial charge in [0.15, 0.2) is 0 Å². The zero-order chi connectivity index (χ0) is 38.8. The van der Waals surface area contributed by atoms with Gasteiger partial charge in [-0.15, -0.1) is 0 Å². The Morgan fingerprint density at radius 3 is 2.00 bits per heavy atom. The predicted molar refractivity (Wildman–Crippen MR) is 222 cm³/mol. The average molecular weight is 756 g/mol. The van der Waals surface area contributed by atoms with Crippen molar-refractivity contribution in [3.8, 4) is 0 Å². The topological polar surface area (TPSA) is 65.5 Å². The third-order valence-electron chi connectivity index (χ3n) is 18.3. The van der Waals surface area contributed by atoms with Crippen molar-refractivity contribution in [2.45, 2.75) is 105 Å². The van der Waals surface area contributed by atoms with Gasteiger partial charge in [0.05, 0.1) is 32.0 Å². The Morgan fingerprint density at radius 1 is 0.800 bits per heavy atom. The summed E-state index contributed by atoms with van der Waals surface area (Å²) in [6.07, 6.45) is 14.3. The van der Waals surface area contributed by atoms with Crippen molar-refractivity contribution in [3.05, 3.63) is 53.6 Å². The SMILES string of the molecule is C=C(C)[C@@H]1CC[C@]2(N(CCN3CCOCC3)CCN3CCOCC3)CC[C@]3(C)[C@H](CC[C@@H]4[C@@]5(C)CC=C(c6ccc(C(=O)O)cc6)C(C)(C)[C@@H]5CC[C@]43C)[C@@H]12. The van der Waals surface area contributed by atoms with E-state index in [1.54, 1.807) is 12.1 Å². The predicted octanol–water partition coefficient (Wildman–Crippen LogP) is 8.75. The van der Waals surface area contributed by atoms with E-state index in [0.717, 1.165) is 91.1 Å². The van der Waals surface area contributed by atoms with Gasteiger partial charge in [0.25, 0.3) is 0 Å². The first kappa shape index (κ1) is 39.8. The Morgan fingerprint density at radius 2 is 1.42 bits per heavy atom. The van der Waals surface area contributed by atoms with Crippen molar-refractivity contribution in [1.82, 2.24) is 14.7 Å². The zero-order valence-electron chi connectivity index (χ0n) is 35.3. The van der Waals surface area contributed by atoms with Crippen molar-refractivity contribution < 1.29 is 19.4 Å². The molecule has 5 aliphatic carbocycles. The second kappa shape index (κ2) is 15.0. The van der Waals surface area contributed by atoms with Crippen LogP contribution in [-0.4, -0.2) is 110 Å². The third-order valence-corrected chi connectivity index (χ3v) is 18.3. The van der Waals surface area contributed by atoms with E-state index in [0.29, 0.717) is 40.1 Å². The molecule has 2 heterocycles. The van der Waals surface area contributed by atoms with E-state index in [9.17, 15) is 9.90 Å². The van der Waals surface area contributed by atoms with E-state index >= 15 is 0 Å². The lowest BCUT2D eigenvalue weighted by molar-refractivity contribution is -0.228. The molecule has 7 heteroatoms. The maximum absolute atomic E-state index is 11.6. The quantitative estimate of drug-likeness (QED) is 0.240. The summed E-state index contributed by atoms with van der Waals surface area (Å²) in [6.45, 7) is 32.7. The number of carboxylic acids is 1. The van der Waals surface area contributed by atoms with Gasteiger partial charge in [0.1, 0.15) is 0 Å². The van der Waals surface area contributed by atoms with E-state index in [2.05, 4.69) is 74.5 Å². The summed E-state index contributed by atoms with van der Waals surface area (Å²) < 4.78 is 11.5. The molecular weight excluding hydrogens is 683 g/mol. The van der Waals surface area contributed by atoms with Gasteiger partial charge in [-0.3, -0.25) is 14.7 Å². The van der Waals surface area contributed by atoms with Gasteiger partial charge < -0.3 is 14.6 Å². The van der Waals surface area contributed by atoms with Gasteiger partial charge in [-0.1, -0.05) is 65.0 Å². The lowest BCUT2D eigenvalue weighted by atomic mass is 9.33. The molecule has 0 amide bonds. The first-order valence-electron chi connectivity index (χ1n) is 22.3. The summed E-state index contributed by atoms with van der Waals surface area (Å²) >= 11 is 0. The number of hydrogen-bond acceptors (Lipinski definition) is 6. The van der Waals surface area contributed by atoms with E-state index in [4.69, 9.17) is 16.1 Å². The number of fused-ring (bicyclic) bond motifs is 7. The first-order chi connectivity index (χ1) is 26.2. The molecule has 1 aromatic carbocycles. The number of morpholine rings is 2. The number of ether oxygens (including phenoxy) is 2. The minimum Gasteiger partial charge on any atom is -0.478 e. The Bertz CT molecular complexity index is 1590. The number of carbonyl (C=O) groups is 1. The number of rotatable bonds is 10. The first-order valence-corrected chi connectivity index (χ1v) is 22.3. The number of nitrogens with zero attached hydrogens (tertiary/aromatic N) is 3. The molecule has 0 aromatic heterocycles. The van der Waals surface area contributed by atoms with Crippen LogP contribution in [0.3, 0.4) is 0 Å². The number of benzene rings is 1. The summed E-state index contributed by atoms with van der Waals surface area (Å²) in [4.78, 5) is 20.0. The van der Waals surface area contributed by atoms with E-state index in [1.165, 1.54) is 68.1 Å². The highest BCUT2D eigenvalue weighted by Crippen LogP contribution is 2.77. The van der Waals surface area contributed by atoms with Gasteiger partial charge in [-0.2, -0.15) is 0 Å². The second-order valence-corrected chi connectivity index (χ2v) is 20.6. The molecule has 7 aliphatic rings. The highest BCUT2D eigenvalue weighted by Gasteiger charge is 2.71. The fourth-order valence-electron chi connectivity index (χ4n) is 15.3. The van der Waals surface area contributed by atoms with Crippen LogP contribution in [0, 0.1) is 51.2 Å². The Balaban J connectivity index is 1.10. The highest BCUT2D eigenvalue weighted by molar-refractivity contribution is 5.88. The van der Waals surface area contributed by atoms with Gasteiger partial charge in [0.2, 0.25) is 0 Å². The van der Waals surface area contributed by atoms with Crippen LogP contribution in [0.1, 0.15) is 115 Å². The van der Waals surface area contributed by atoms with Crippen LogP contribution in [0.4, 0.5) is 0 Å². The van der Waals surface area contributed by atoms with E-state index < -0.39 is 5.97 Å². The second-order valence-electron chi connectivity index (χ2n) is 20.6. The van der Waals surface area contributed by atoms with Crippen molar-refractivity contribution in [2.75, 3.05) is 78.8 Å². The van der Waals surface area contributed by atoms with Gasteiger partial charge in [-0.05, 0) is 139 Å². The molecule has 0 spiro atoms. The fourth-order valence-corrected chi connectivity index (χ4v) is 15.3. The molecule has 1 aromatic rings. The maximum atomic E-state index is 11.6. The Labute approximate surface area is 333 Å². The summed E-state index contributed by atoms with van der Waals surface area (Å²) in [5.74, 6) is 2.44. The van der Waals surface area contributed by atoms with Crippen molar-refractivity contribution in [2.24, 2.45) is 51.2 Å². The number of aromatic carboxylic acids is 1. The largest absolute Gasteiger partial charge is 0.478 e. The molecule has 9 atom stereocenters. The van der Waals surface area contributed by atoms with Gasteiger partial charge in [-0.25, -0.2) is 4.79 Å². The molecule has 6 fully saturated rings. The number of allylic oxidation sites excluding steroid dienone is 3. The fraction of sp³-hybridized carbons (Fsp3) is 0.771. The third kappa shape index (κ3) is 6.53. The van der Waals surface area contributed by atoms with Crippen molar-refractivity contribution in [1.29, 1.82) is 0 Å². The lowest BCUT2D eigenvalue weighted by Gasteiger charge is -2.73. The molecule has 8 rings (SSSR count). The van der Waals surface area contributed by atoms with Crippen LogP contribution in [0.15, 0.2) is 42.5 Å². The molecular formula is C48H73N3O4. The minimum atomic E-state index is -0.854. The normalized spacial score (nSPS) is 40.4. The molecule has 0 unspecified atom stereocenters. The molecule has 304 valence electrons. The van der Waals surface area contributed by atoms with Crippen LogP contribution in [0.2, 0.25) is 0 Å². The van der Waals surface area contributed by atoms with Crippen LogP contribution in [0.5, 0.6) is 0 Å². The highest BCUT2D eigenvalue weighted by atomic mass is 16.5. The van der Waals surface area contributed by atoms with Crippen molar-refractivity contribution in [3.63, 3.8) is 0 Å². The monoisotopic (exact) mass is 756 g/mol. The number of carboxylic acid groups (broad SMARTS) is 1.